The maximum atomic E-state index is 5.76. The molecule has 0 radical (unpaired) electrons. The summed E-state index contributed by atoms with van der Waals surface area (Å²) in [7, 11) is 0. The molecule has 2 unspecified atom stereocenters. The number of rotatable bonds is 0. The van der Waals surface area contributed by atoms with Gasteiger partial charge in [0.1, 0.15) is 5.75 Å². The summed E-state index contributed by atoms with van der Waals surface area (Å²) in [6, 6.07) is 8.11. The lowest BCUT2D eigenvalue weighted by Gasteiger charge is -2.25. The Kier molecular flexibility index (Phi) is 1.55. The van der Waals surface area contributed by atoms with E-state index in [-0.39, 0.29) is 12.4 Å². The molecule has 14 heavy (non-hydrogen) atoms. The predicted molar refractivity (Wildman–Crippen MR) is 54.6 cm³/mol. The Morgan fingerprint density at radius 3 is 3.07 bits per heavy atom. The molecule has 0 fully saturated rings. The van der Waals surface area contributed by atoms with Gasteiger partial charge in [-0.2, -0.15) is 0 Å². The molecule has 1 aromatic carbocycles. The van der Waals surface area contributed by atoms with Gasteiger partial charge in [0, 0.05) is 17.3 Å². The van der Waals surface area contributed by atoms with Gasteiger partial charge in [0.2, 0.25) is 0 Å². The minimum Gasteiger partial charge on any atom is -0.470 e. The van der Waals surface area contributed by atoms with Gasteiger partial charge in [-0.25, -0.2) is 0 Å². The number of para-hydroxylation sites is 1. The zero-order valence-electron chi connectivity index (χ0n) is 7.95. The van der Waals surface area contributed by atoms with Crippen LogP contribution in [0.15, 0.2) is 30.5 Å². The highest BCUT2D eigenvalue weighted by Crippen LogP contribution is 2.36. The van der Waals surface area contributed by atoms with Gasteiger partial charge in [0.05, 0.1) is 6.17 Å². The summed E-state index contributed by atoms with van der Waals surface area (Å²) in [6.07, 6.45) is 2.32. The first-order valence-corrected chi connectivity index (χ1v) is 4.83. The van der Waals surface area contributed by atoms with Crippen LogP contribution in [-0.2, 0) is 0 Å². The van der Waals surface area contributed by atoms with E-state index in [9.17, 15) is 0 Å². The van der Waals surface area contributed by atoms with Crippen LogP contribution in [-0.4, -0.2) is 12.4 Å². The van der Waals surface area contributed by atoms with E-state index in [1.165, 1.54) is 11.1 Å². The Hall–Kier alpha value is -1.48. The SMILES string of the molecule is CC1NC=C2c3ccccc3OC2N1. The van der Waals surface area contributed by atoms with E-state index < -0.39 is 0 Å². The van der Waals surface area contributed by atoms with Crippen LogP contribution >= 0.6 is 0 Å². The molecule has 2 atom stereocenters. The van der Waals surface area contributed by atoms with Crippen molar-refractivity contribution < 1.29 is 4.74 Å². The van der Waals surface area contributed by atoms with Gasteiger partial charge in [0.25, 0.3) is 0 Å². The number of fused-ring (bicyclic) bond motifs is 3. The zero-order valence-corrected chi connectivity index (χ0v) is 7.95. The fraction of sp³-hybridized carbons (Fsp3) is 0.273. The molecular weight excluding hydrogens is 176 g/mol. The van der Waals surface area contributed by atoms with Crippen molar-refractivity contribution in [3.8, 4) is 5.75 Å². The molecule has 3 nitrogen and oxygen atoms in total. The van der Waals surface area contributed by atoms with Crippen LogP contribution < -0.4 is 15.4 Å². The Morgan fingerprint density at radius 2 is 2.14 bits per heavy atom. The maximum Gasteiger partial charge on any atom is 0.180 e. The average molecular weight is 188 g/mol. The Labute approximate surface area is 82.8 Å². The topological polar surface area (TPSA) is 33.3 Å². The third-order valence-electron chi connectivity index (χ3n) is 2.62. The standard InChI is InChI=1S/C11H12N2O/c1-7-12-6-9-8-4-2-3-5-10(8)14-11(9)13-7/h2-7,11-13H,1H3. The molecule has 0 amide bonds. The lowest BCUT2D eigenvalue weighted by atomic mass is 10.1. The molecule has 2 N–H and O–H groups in total. The zero-order chi connectivity index (χ0) is 9.54. The van der Waals surface area contributed by atoms with E-state index >= 15 is 0 Å². The minimum atomic E-state index is 0.0173. The molecule has 2 heterocycles. The molecule has 2 aliphatic heterocycles. The molecule has 1 aromatic rings. The third kappa shape index (κ3) is 1.02. The van der Waals surface area contributed by atoms with Crippen molar-refractivity contribution in [2.75, 3.05) is 0 Å². The summed E-state index contributed by atoms with van der Waals surface area (Å²) < 4.78 is 5.76. The third-order valence-corrected chi connectivity index (χ3v) is 2.62. The summed E-state index contributed by atoms with van der Waals surface area (Å²) in [5.74, 6) is 0.965. The highest BCUT2D eigenvalue weighted by molar-refractivity contribution is 5.77. The number of hydrogen-bond acceptors (Lipinski definition) is 3. The van der Waals surface area contributed by atoms with Gasteiger partial charge in [-0.15, -0.1) is 0 Å². The molecule has 0 aromatic heterocycles. The molecule has 72 valence electrons. The van der Waals surface area contributed by atoms with Crippen molar-refractivity contribution in [1.82, 2.24) is 10.6 Å². The summed E-state index contributed by atoms with van der Waals surface area (Å²) >= 11 is 0. The van der Waals surface area contributed by atoms with Crippen LogP contribution in [0.4, 0.5) is 0 Å². The number of benzene rings is 1. The van der Waals surface area contributed by atoms with Gasteiger partial charge in [-0.3, -0.25) is 5.32 Å². The van der Waals surface area contributed by atoms with E-state index in [1.54, 1.807) is 0 Å². The molecule has 0 spiro atoms. The smallest absolute Gasteiger partial charge is 0.180 e. The average Bonchev–Trinajstić information content (AvgIpc) is 2.54. The summed E-state index contributed by atoms with van der Waals surface area (Å²) in [5.41, 5.74) is 2.38. The maximum absolute atomic E-state index is 5.76. The molecule has 0 saturated heterocycles. The normalized spacial score (nSPS) is 28.2. The van der Waals surface area contributed by atoms with Crippen molar-refractivity contribution in [3.63, 3.8) is 0 Å². The molecule has 0 aliphatic carbocycles. The molecule has 0 bridgehead atoms. The van der Waals surface area contributed by atoms with Crippen molar-refractivity contribution in [2.24, 2.45) is 0 Å². The monoisotopic (exact) mass is 188 g/mol. The summed E-state index contributed by atoms with van der Waals surface area (Å²) in [4.78, 5) is 0. The second kappa shape index (κ2) is 2.75. The van der Waals surface area contributed by atoms with E-state index in [0.29, 0.717) is 0 Å². The lowest BCUT2D eigenvalue weighted by molar-refractivity contribution is 0.206. The van der Waals surface area contributed by atoms with Crippen LogP contribution in [0.5, 0.6) is 5.75 Å². The summed E-state index contributed by atoms with van der Waals surface area (Å²) in [6.45, 7) is 2.07. The van der Waals surface area contributed by atoms with Crippen LogP contribution in [0.3, 0.4) is 0 Å². The molecule has 3 heteroatoms. The minimum absolute atomic E-state index is 0.0173. The van der Waals surface area contributed by atoms with Crippen molar-refractivity contribution >= 4 is 5.57 Å². The van der Waals surface area contributed by atoms with Gasteiger partial charge in [-0.05, 0) is 13.0 Å². The fourth-order valence-corrected chi connectivity index (χ4v) is 1.91. The first kappa shape index (κ1) is 7.88. The van der Waals surface area contributed by atoms with Crippen LogP contribution in [0.25, 0.3) is 5.57 Å². The largest absolute Gasteiger partial charge is 0.470 e. The highest BCUT2D eigenvalue weighted by Gasteiger charge is 2.31. The van der Waals surface area contributed by atoms with E-state index in [0.717, 1.165) is 5.75 Å². The van der Waals surface area contributed by atoms with E-state index in [2.05, 4.69) is 23.6 Å². The van der Waals surface area contributed by atoms with Gasteiger partial charge < -0.3 is 10.1 Å². The van der Waals surface area contributed by atoms with E-state index in [4.69, 9.17) is 4.74 Å². The number of ether oxygens (including phenoxy) is 1. The molecular formula is C11H12N2O. The Balaban J connectivity index is 2.06. The van der Waals surface area contributed by atoms with Crippen LogP contribution in [0.2, 0.25) is 0 Å². The Morgan fingerprint density at radius 1 is 1.29 bits per heavy atom. The molecule has 0 saturated carbocycles. The quantitative estimate of drug-likeness (QED) is 0.643. The molecule has 2 aliphatic rings. The van der Waals surface area contributed by atoms with E-state index in [1.807, 2.05) is 24.4 Å². The van der Waals surface area contributed by atoms with Gasteiger partial charge in [0.15, 0.2) is 6.23 Å². The highest BCUT2D eigenvalue weighted by atomic mass is 16.5. The van der Waals surface area contributed by atoms with Crippen molar-refractivity contribution in [3.05, 3.63) is 36.0 Å². The van der Waals surface area contributed by atoms with Gasteiger partial charge >= 0.3 is 0 Å². The second-order valence-corrected chi connectivity index (χ2v) is 3.65. The first-order chi connectivity index (χ1) is 6.84. The second-order valence-electron chi connectivity index (χ2n) is 3.65. The Bertz CT molecular complexity index is 400. The molecule has 3 rings (SSSR count). The number of hydrogen-bond donors (Lipinski definition) is 2. The van der Waals surface area contributed by atoms with Crippen molar-refractivity contribution in [1.29, 1.82) is 0 Å². The fourth-order valence-electron chi connectivity index (χ4n) is 1.91. The lowest BCUT2D eigenvalue weighted by Crippen LogP contribution is -2.48. The number of nitrogens with one attached hydrogen (secondary N) is 2. The van der Waals surface area contributed by atoms with Crippen LogP contribution in [0.1, 0.15) is 12.5 Å². The van der Waals surface area contributed by atoms with Crippen LogP contribution in [0, 0.1) is 0 Å². The first-order valence-electron chi connectivity index (χ1n) is 4.83. The predicted octanol–water partition coefficient (Wildman–Crippen LogP) is 1.28. The van der Waals surface area contributed by atoms with Gasteiger partial charge in [-0.1, -0.05) is 18.2 Å². The van der Waals surface area contributed by atoms with Crippen molar-refractivity contribution in [2.45, 2.75) is 19.3 Å². The summed E-state index contributed by atoms with van der Waals surface area (Å²) in [5, 5.41) is 6.56.